The average molecular weight is 313 g/mol. The lowest BCUT2D eigenvalue weighted by Crippen LogP contribution is -2.42. The first kappa shape index (κ1) is 15.5. The topological polar surface area (TPSA) is 46.5 Å². The van der Waals surface area contributed by atoms with Gasteiger partial charge in [-0.2, -0.15) is 0 Å². The van der Waals surface area contributed by atoms with E-state index in [0.29, 0.717) is 25.7 Å². The predicted octanol–water partition coefficient (Wildman–Crippen LogP) is 2.78. The molecule has 0 unspecified atom stereocenters. The van der Waals surface area contributed by atoms with Crippen LogP contribution in [0.4, 0.5) is 4.79 Å². The van der Waals surface area contributed by atoms with Gasteiger partial charge in [0.25, 0.3) is 0 Å². The largest absolute Gasteiger partial charge is 0.492 e. The zero-order valence-corrected chi connectivity index (χ0v) is 13.4. The molecule has 1 N–H and O–H groups in total. The molecule has 5 heteroatoms. The van der Waals surface area contributed by atoms with E-state index >= 15 is 0 Å². The molecule has 122 valence electrons. The minimum Gasteiger partial charge on any atom is -0.492 e. The number of urea groups is 1. The number of carbonyl (C=O) groups excluding carboxylic acids is 1. The van der Waals surface area contributed by atoms with Crippen molar-refractivity contribution in [1.82, 2.24) is 14.8 Å². The summed E-state index contributed by atoms with van der Waals surface area (Å²) in [5, 5.41) is 2.96. The van der Waals surface area contributed by atoms with Gasteiger partial charge in [0.1, 0.15) is 12.4 Å². The minimum absolute atomic E-state index is 0.00892. The van der Waals surface area contributed by atoms with Crippen LogP contribution in [-0.4, -0.2) is 34.7 Å². The molecular weight excluding hydrogens is 290 g/mol. The number of hydrogen-bond donors (Lipinski definition) is 1. The molecule has 2 aromatic rings. The SMILES string of the molecule is Cn1cccc1CN(C(=O)NCCOc1ccccc1)C1CC1. The highest BCUT2D eigenvalue weighted by Gasteiger charge is 2.32. The van der Waals surface area contributed by atoms with Crippen LogP contribution in [-0.2, 0) is 13.6 Å². The third-order valence-electron chi connectivity index (χ3n) is 4.02. The normalized spacial score (nSPS) is 13.6. The highest BCUT2D eigenvalue weighted by atomic mass is 16.5. The van der Waals surface area contributed by atoms with Crippen LogP contribution in [0.15, 0.2) is 48.7 Å². The summed E-state index contributed by atoms with van der Waals surface area (Å²) in [5.74, 6) is 0.824. The summed E-state index contributed by atoms with van der Waals surface area (Å²) in [6.45, 7) is 1.63. The van der Waals surface area contributed by atoms with Crippen LogP contribution in [0.2, 0.25) is 0 Å². The number of amides is 2. The third kappa shape index (κ3) is 4.28. The van der Waals surface area contributed by atoms with Gasteiger partial charge in [0.15, 0.2) is 0 Å². The van der Waals surface area contributed by atoms with Crippen molar-refractivity contribution in [3.63, 3.8) is 0 Å². The molecule has 1 saturated carbocycles. The number of aryl methyl sites for hydroxylation is 1. The lowest BCUT2D eigenvalue weighted by molar-refractivity contribution is 0.188. The van der Waals surface area contributed by atoms with E-state index in [0.717, 1.165) is 24.3 Å². The van der Waals surface area contributed by atoms with Gasteiger partial charge in [-0.25, -0.2) is 4.79 Å². The van der Waals surface area contributed by atoms with E-state index < -0.39 is 0 Å². The second-order valence-electron chi connectivity index (χ2n) is 5.86. The Labute approximate surface area is 136 Å². The van der Waals surface area contributed by atoms with Gasteiger partial charge in [0, 0.05) is 25.0 Å². The fourth-order valence-corrected chi connectivity index (χ4v) is 2.53. The number of nitrogens with one attached hydrogen (secondary N) is 1. The van der Waals surface area contributed by atoms with Gasteiger partial charge in [0.2, 0.25) is 0 Å². The molecule has 3 rings (SSSR count). The van der Waals surface area contributed by atoms with Crippen molar-refractivity contribution in [2.75, 3.05) is 13.2 Å². The molecule has 1 aliphatic carbocycles. The van der Waals surface area contributed by atoms with Crippen LogP contribution in [0.25, 0.3) is 0 Å². The van der Waals surface area contributed by atoms with Gasteiger partial charge in [-0.1, -0.05) is 18.2 Å². The number of hydrogen-bond acceptors (Lipinski definition) is 2. The predicted molar refractivity (Wildman–Crippen MR) is 89.3 cm³/mol. The average Bonchev–Trinajstić information content (AvgIpc) is 3.33. The molecule has 0 radical (unpaired) electrons. The number of rotatable bonds is 7. The smallest absolute Gasteiger partial charge is 0.318 e. The number of ether oxygens (including phenoxy) is 1. The maximum Gasteiger partial charge on any atom is 0.318 e. The first-order valence-corrected chi connectivity index (χ1v) is 8.06. The first-order valence-electron chi connectivity index (χ1n) is 8.06. The van der Waals surface area contributed by atoms with Crippen molar-refractivity contribution in [2.24, 2.45) is 7.05 Å². The maximum atomic E-state index is 12.4. The molecule has 1 heterocycles. The van der Waals surface area contributed by atoms with Gasteiger partial charge >= 0.3 is 6.03 Å². The molecular formula is C18H23N3O2. The van der Waals surface area contributed by atoms with Crippen LogP contribution in [0, 0.1) is 0 Å². The number of benzene rings is 1. The molecule has 2 amide bonds. The van der Waals surface area contributed by atoms with Gasteiger partial charge < -0.3 is 19.5 Å². The fourth-order valence-electron chi connectivity index (χ4n) is 2.53. The Balaban J connectivity index is 1.46. The zero-order valence-electron chi connectivity index (χ0n) is 13.4. The van der Waals surface area contributed by atoms with E-state index in [1.165, 1.54) is 0 Å². The fraction of sp³-hybridized carbons (Fsp3) is 0.389. The molecule has 0 bridgehead atoms. The maximum absolute atomic E-state index is 12.4. The van der Waals surface area contributed by atoms with Crippen LogP contribution in [0.1, 0.15) is 18.5 Å². The summed E-state index contributed by atoms with van der Waals surface area (Å²) in [6.07, 6.45) is 4.20. The summed E-state index contributed by atoms with van der Waals surface area (Å²) < 4.78 is 7.66. The molecule has 0 saturated heterocycles. The molecule has 1 aromatic heterocycles. The van der Waals surface area contributed by atoms with E-state index in [1.807, 2.05) is 54.5 Å². The Morgan fingerprint density at radius 1 is 1.26 bits per heavy atom. The van der Waals surface area contributed by atoms with E-state index in [1.54, 1.807) is 0 Å². The van der Waals surface area contributed by atoms with Crippen molar-refractivity contribution in [1.29, 1.82) is 0 Å². The van der Waals surface area contributed by atoms with Crippen LogP contribution < -0.4 is 10.1 Å². The molecule has 0 atom stereocenters. The number of aromatic nitrogens is 1. The van der Waals surface area contributed by atoms with E-state index in [9.17, 15) is 4.79 Å². The van der Waals surface area contributed by atoms with Gasteiger partial charge in [-0.3, -0.25) is 0 Å². The van der Waals surface area contributed by atoms with Crippen molar-refractivity contribution in [3.8, 4) is 5.75 Å². The molecule has 1 fully saturated rings. The molecule has 1 aliphatic rings. The summed E-state index contributed by atoms with van der Waals surface area (Å²) in [6, 6.07) is 14.1. The molecule has 0 spiro atoms. The molecule has 1 aromatic carbocycles. The number of carbonyl (C=O) groups is 1. The summed E-state index contributed by atoms with van der Waals surface area (Å²) in [4.78, 5) is 14.4. The second kappa shape index (κ2) is 7.22. The molecule has 5 nitrogen and oxygen atoms in total. The van der Waals surface area contributed by atoms with Crippen molar-refractivity contribution < 1.29 is 9.53 Å². The Bertz CT molecular complexity index is 635. The first-order chi connectivity index (χ1) is 11.2. The number of nitrogens with zero attached hydrogens (tertiary/aromatic N) is 2. The third-order valence-corrected chi connectivity index (χ3v) is 4.02. The molecule has 0 aliphatic heterocycles. The van der Waals surface area contributed by atoms with Crippen LogP contribution in [0.5, 0.6) is 5.75 Å². The Morgan fingerprint density at radius 2 is 2.04 bits per heavy atom. The quantitative estimate of drug-likeness (QED) is 0.799. The van der Waals surface area contributed by atoms with Gasteiger partial charge in [-0.15, -0.1) is 0 Å². The Kier molecular flexibility index (Phi) is 4.86. The lowest BCUT2D eigenvalue weighted by Gasteiger charge is -2.23. The van der Waals surface area contributed by atoms with Crippen molar-refractivity contribution >= 4 is 6.03 Å². The monoisotopic (exact) mass is 313 g/mol. The summed E-state index contributed by atoms with van der Waals surface area (Å²) in [7, 11) is 2.01. The Morgan fingerprint density at radius 3 is 2.70 bits per heavy atom. The van der Waals surface area contributed by atoms with Crippen LogP contribution in [0.3, 0.4) is 0 Å². The highest BCUT2D eigenvalue weighted by molar-refractivity contribution is 5.74. The van der Waals surface area contributed by atoms with Crippen LogP contribution >= 0.6 is 0 Å². The van der Waals surface area contributed by atoms with Gasteiger partial charge in [-0.05, 0) is 37.1 Å². The molecule has 23 heavy (non-hydrogen) atoms. The van der Waals surface area contributed by atoms with Crippen molar-refractivity contribution in [3.05, 3.63) is 54.4 Å². The summed E-state index contributed by atoms with van der Waals surface area (Å²) in [5.41, 5.74) is 1.15. The number of para-hydroxylation sites is 1. The van der Waals surface area contributed by atoms with Gasteiger partial charge in [0.05, 0.1) is 13.1 Å². The highest BCUT2D eigenvalue weighted by Crippen LogP contribution is 2.28. The minimum atomic E-state index is -0.00892. The zero-order chi connectivity index (χ0) is 16.1. The van der Waals surface area contributed by atoms with E-state index in [2.05, 4.69) is 16.0 Å². The Hall–Kier alpha value is -2.43. The van der Waals surface area contributed by atoms with E-state index in [4.69, 9.17) is 4.74 Å². The standard InChI is InChI=1S/C18H23N3O2/c1-20-12-5-6-16(20)14-21(15-9-10-15)18(22)19-11-13-23-17-7-3-2-4-8-17/h2-8,12,15H,9-11,13-14H2,1H3,(H,19,22). The summed E-state index contributed by atoms with van der Waals surface area (Å²) >= 11 is 0. The van der Waals surface area contributed by atoms with Crippen molar-refractivity contribution in [2.45, 2.75) is 25.4 Å². The second-order valence-corrected chi connectivity index (χ2v) is 5.86. The lowest BCUT2D eigenvalue weighted by atomic mass is 10.3. The van der Waals surface area contributed by atoms with E-state index in [-0.39, 0.29) is 6.03 Å².